The maximum Gasteiger partial charge on any atom is 0.415 e. The Labute approximate surface area is 125 Å². The number of carbonyl (C=O) groups is 2. The minimum Gasteiger partial charge on any atom is -0.495 e. The first-order valence-corrected chi connectivity index (χ1v) is 6.89. The van der Waals surface area contributed by atoms with Crippen molar-refractivity contribution in [3.8, 4) is 5.75 Å². The van der Waals surface area contributed by atoms with Crippen molar-refractivity contribution in [2.45, 2.75) is 45.8 Å². The third kappa shape index (κ3) is 4.77. The van der Waals surface area contributed by atoms with Crippen molar-refractivity contribution >= 4 is 18.1 Å². The Bertz CT molecular complexity index is 493. The molecule has 1 aromatic rings. The summed E-state index contributed by atoms with van der Waals surface area (Å²) in [5, 5.41) is 0. The smallest absolute Gasteiger partial charge is 0.415 e. The van der Waals surface area contributed by atoms with Crippen molar-refractivity contribution < 1.29 is 19.1 Å². The molecule has 116 valence electrons. The molecule has 0 N–H and O–H groups in total. The van der Waals surface area contributed by atoms with Crippen molar-refractivity contribution in [3.63, 3.8) is 0 Å². The topological polar surface area (TPSA) is 55.8 Å². The second-order valence-electron chi connectivity index (χ2n) is 5.77. The fraction of sp³-hybridized carbons (Fsp3) is 0.500. The average molecular weight is 293 g/mol. The number of para-hydroxylation sites is 2. The molecular weight excluding hydrogens is 270 g/mol. The second kappa shape index (κ2) is 7.11. The Balaban J connectivity index is 3.19. The van der Waals surface area contributed by atoms with Gasteiger partial charge in [-0.2, -0.15) is 0 Å². The van der Waals surface area contributed by atoms with Gasteiger partial charge >= 0.3 is 6.09 Å². The summed E-state index contributed by atoms with van der Waals surface area (Å²) in [6.07, 6.45) is 0.510. The zero-order valence-electron chi connectivity index (χ0n) is 13.3. The zero-order valence-corrected chi connectivity index (χ0v) is 13.3. The molecule has 0 fully saturated rings. The van der Waals surface area contributed by atoms with Crippen LogP contribution in [0.1, 0.15) is 34.1 Å². The molecule has 0 saturated heterocycles. The van der Waals surface area contributed by atoms with Crippen LogP contribution < -0.4 is 9.64 Å². The summed E-state index contributed by atoms with van der Waals surface area (Å²) in [7, 11) is 1.54. The predicted octanol–water partition coefficient (Wildman–Crippen LogP) is 3.41. The fourth-order valence-electron chi connectivity index (χ4n) is 1.90. The van der Waals surface area contributed by atoms with Crippen molar-refractivity contribution in [3.05, 3.63) is 24.3 Å². The number of nitrogens with zero attached hydrogens (tertiary/aromatic N) is 1. The van der Waals surface area contributed by atoms with Crippen LogP contribution in [-0.4, -0.2) is 31.1 Å². The highest BCUT2D eigenvalue weighted by Crippen LogP contribution is 2.31. The normalized spacial score (nSPS) is 12.4. The van der Waals surface area contributed by atoms with Gasteiger partial charge in [-0.05, 0) is 39.8 Å². The molecule has 1 unspecified atom stereocenters. The molecule has 0 aliphatic heterocycles. The number of hydrogen-bond acceptors (Lipinski definition) is 4. The number of anilines is 1. The molecule has 1 amide bonds. The molecule has 5 heteroatoms. The Morgan fingerprint density at radius 2 is 1.95 bits per heavy atom. The first-order chi connectivity index (χ1) is 9.80. The Morgan fingerprint density at radius 3 is 2.48 bits per heavy atom. The van der Waals surface area contributed by atoms with Crippen LogP contribution in [-0.2, 0) is 9.53 Å². The van der Waals surface area contributed by atoms with Gasteiger partial charge in [-0.1, -0.05) is 12.1 Å². The number of hydrogen-bond donors (Lipinski definition) is 0. The van der Waals surface area contributed by atoms with E-state index in [0.29, 0.717) is 11.4 Å². The molecule has 0 radical (unpaired) electrons. The molecule has 0 bridgehead atoms. The van der Waals surface area contributed by atoms with Crippen molar-refractivity contribution in [2.75, 3.05) is 12.0 Å². The van der Waals surface area contributed by atoms with Gasteiger partial charge in [0.25, 0.3) is 0 Å². The van der Waals surface area contributed by atoms with Gasteiger partial charge < -0.3 is 14.3 Å². The molecule has 0 aromatic heterocycles. The molecule has 0 spiro atoms. The number of amides is 1. The molecule has 0 heterocycles. The quantitative estimate of drug-likeness (QED) is 0.781. The Kier molecular flexibility index (Phi) is 5.76. The number of methoxy groups -OCH3 is 1. The lowest BCUT2D eigenvalue weighted by Crippen LogP contribution is -2.42. The van der Waals surface area contributed by atoms with E-state index in [9.17, 15) is 9.59 Å². The van der Waals surface area contributed by atoms with Crippen LogP contribution in [0.3, 0.4) is 0 Å². The minimum atomic E-state index is -0.613. The van der Waals surface area contributed by atoms with Gasteiger partial charge in [0.15, 0.2) is 0 Å². The molecule has 1 rings (SSSR count). The summed E-state index contributed by atoms with van der Waals surface area (Å²) in [5.74, 6) is 0.557. The van der Waals surface area contributed by atoms with Crippen LogP contribution in [0.2, 0.25) is 0 Å². The van der Waals surface area contributed by atoms with E-state index in [1.807, 2.05) is 12.1 Å². The summed E-state index contributed by atoms with van der Waals surface area (Å²) in [5.41, 5.74) is -0.0262. The lowest BCUT2D eigenvalue weighted by molar-refractivity contribution is -0.108. The SMILES string of the molecule is COc1ccccc1N(C(=O)OC(C)(C)C)C(C)CC=O. The molecule has 0 aliphatic carbocycles. The molecule has 0 aliphatic rings. The van der Waals surface area contributed by atoms with Crippen LogP contribution in [0.4, 0.5) is 10.5 Å². The van der Waals surface area contributed by atoms with E-state index >= 15 is 0 Å². The van der Waals surface area contributed by atoms with Crippen LogP contribution in [0.25, 0.3) is 0 Å². The Hall–Kier alpha value is -2.04. The highest BCUT2D eigenvalue weighted by atomic mass is 16.6. The van der Waals surface area contributed by atoms with Crippen LogP contribution in [0.5, 0.6) is 5.75 Å². The van der Waals surface area contributed by atoms with Crippen molar-refractivity contribution in [1.82, 2.24) is 0 Å². The van der Waals surface area contributed by atoms with Gasteiger partial charge in [-0.3, -0.25) is 4.90 Å². The lowest BCUT2D eigenvalue weighted by Gasteiger charge is -2.31. The van der Waals surface area contributed by atoms with Gasteiger partial charge in [-0.25, -0.2) is 4.79 Å². The summed E-state index contributed by atoms with van der Waals surface area (Å²) in [6, 6.07) is 6.83. The van der Waals surface area contributed by atoms with E-state index in [4.69, 9.17) is 9.47 Å². The summed E-state index contributed by atoms with van der Waals surface area (Å²) in [6.45, 7) is 7.20. The summed E-state index contributed by atoms with van der Waals surface area (Å²) in [4.78, 5) is 24.7. The first-order valence-electron chi connectivity index (χ1n) is 6.89. The maximum atomic E-state index is 12.5. The van der Waals surface area contributed by atoms with Gasteiger partial charge in [0, 0.05) is 12.5 Å². The average Bonchev–Trinajstić information content (AvgIpc) is 2.37. The van der Waals surface area contributed by atoms with E-state index in [2.05, 4.69) is 0 Å². The third-order valence-corrected chi connectivity index (χ3v) is 2.81. The fourth-order valence-corrected chi connectivity index (χ4v) is 1.90. The molecular formula is C16H23NO4. The standard InChI is InChI=1S/C16H23NO4/c1-12(10-11-18)17(15(19)21-16(2,3)4)13-8-6-7-9-14(13)20-5/h6-9,11-12H,10H2,1-5H3. The van der Waals surface area contributed by atoms with Crippen LogP contribution >= 0.6 is 0 Å². The number of carbonyl (C=O) groups excluding carboxylic acids is 2. The molecule has 21 heavy (non-hydrogen) atoms. The number of aldehydes is 1. The zero-order chi connectivity index (χ0) is 16.0. The lowest BCUT2D eigenvalue weighted by atomic mass is 10.1. The summed E-state index contributed by atoms with van der Waals surface area (Å²) < 4.78 is 10.7. The highest BCUT2D eigenvalue weighted by Gasteiger charge is 2.29. The first kappa shape index (κ1) is 17.0. The Morgan fingerprint density at radius 1 is 1.33 bits per heavy atom. The van der Waals surface area contributed by atoms with E-state index in [-0.39, 0.29) is 12.5 Å². The number of benzene rings is 1. The summed E-state index contributed by atoms with van der Waals surface area (Å²) >= 11 is 0. The van der Waals surface area contributed by atoms with Crippen LogP contribution in [0, 0.1) is 0 Å². The molecule has 0 saturated carbocycles. The monoisotopic (exact) mass is 293 g/mol. The van der Waals surface area contributed by atoms with Gasteiger partial charge in [0.05, 0.1) is 12.8 Å². The van der Waals surface area contributed by atoms with Crippen molar-refractivity contribution in [1.29, 1.82) is 0 Å². The molecule has 1 atom stereocenters. The largest absolute Gasteiger partial charge is 0.495 e. The number of rotatable bonds is 5. The van der Waals surface area contributed by atoms with Crippen molar-refractivity contribution in [2.24, 2.45) is 0 Å². The highest BCUT2D eigenvalue weighted by molar-refractivity contribution is 5.91. The molecule has 1 aromatic carbocycles. The van der Waals surface area contributed by atoms with Crippen LogP contribution in [0.15, 0.2) is 24.3 Å². The van der Waals surface area contributed by atoms with E-state index in [1.165, 1.54) is 12.0 Å². The van der Waals surface area contributed by atoms with E-state index < -0.39 is 11.7 Å². The molecule has 5 nitrogen and oxygen atoms in total. The van der Waals surface area contributed by atoms with Gasteiger partial charge in [0.2, 0.25) is 0 Å². The number of ether oxygens (including phenoxy) is 2. The van der Waals surface area contributed by atoms with Gasteiger partial charge in [-0.15, -0.1) is 0 Å². The maximum absolute atomic E-state index is 12.5. The predicted molar refractivity (Wildman–Crippen MR) is 81.9 cm³/mol. The minimum absolute atomic E-state index is 0.220. The third-order valence-electron chi connectivity index (χ3n) is 2.81. The second-order valence-corrected chi connectivity index (χ2v) is 5.77. The van der Waals surface area contributed by atoms with E-state index in [0.717, 1.165) is 6.29 Å². The van der Waals surface area contributed by atoms with E-state index in [1.54, 1.807) is 39.8 Å². The van der Waals surface area contributed by atoms with Gasteiger partial charge in [0.1, 0.15) is 17.6 Å².